The normalized spacial score (nSPS) is 10.2. The van der Waals surface area contributed by atoms with Crippen molar-refractivity contribution in [3.8, 4) is 0 Å². The van der Waals surface area contributed by atoms with Gasteiger partial charge in [-0.1, -0.05) is 6.07 Å². The Balaban J connectivity index is 2.46. The highest BCUT2D eigenvalue weighted by Crippen LogP contribution is 2.29. The Labute approximate surface area is 114 Å². The SMILES string of the molecule is CNc1ccc([N+](=O)[O-])c(Nc2cccc(F)c2C)n1. The van der Waals surface area contributed by atoms with Gasteiger partial charge in [-0.3, -0.25) is 10.1 Å². The monoisotopic (exact) mass is 276 g/mol. The van der Waals surface area contributed by atoms with Gasteiger partial charge >= 0.3 is 5.69 Å². The van der Waals surface area contributed by atoms with Crippen LogP contribution in [-0.4, -0.2) is 17.0 Å². The minimum atomic E-state index is -0.538. The quantitative estimate of drug-likeness (QED) is 0.662. The lowest BCUT2D eigenvalue weighted by Crippen LogP contribution is -2.03. The third-order valence-electron chi connectivity index (χ3n) is 2.85. The Morgan fingerprint density at radius 2 is 2.05 bits per heavy atom. The summed E-state index contributed by atoms with van der Waals surface area (Å²) in [4.78, 5) is 14.5. The third-order valence-corrected chi connectivity index (χ3v) is 2.85. The summed E-state index contributed by atoms with van der Waals surface area (Å²) in [6.07, 6.45) is 0. The number of pyridine rings is 1. The van der Waals surface area contributed by atoms with Crippen molar-refractivity contribution < 1.29 is 9.31 Å². The van der Waals surface area contributed by atoms with Crippen molar-refractivity contribution in [2.24, 2.45) is 0 Å². The van der Waals surface area contributed by atoms with Crippen LogP contribution in [0.25, 0.3) is 0 Å². The second-order valence-electron chi connectivity index (χ2n) is 4.11. The molecule has 1 aromatic heterocycles. The molecule has 0 unspecified atom stereocenters. The summed E-state index contributed by atoms with van der Waals surface area (Å²) in [5, 5.41) is 16.6. The van der Waals surface area contributed by atoms with Gasteiger partial charge < -0.3 is 10.6 Å². The molecule has 0 atom stereocenters. The van der Waals surface area contributed by atoms with E-state index in [0.717, 1.165) is 0 Å². The summed E-state index contributed by atoms with van der Waals surface area (Å²) in [6, 6.07) is 7.33. The lowest BCUT2D eigenvalue weighted by Gasteiger charge is -2.10. The molecule has 1 heterocycles. The van der Waals surface area contributed by atoms with Crippen molar-refractivity contribution in [3.63, 3.8) is 0 Å². The number of hydrogen-bond donors (Lipinski definition) is 2. The number of nitrogens with zero attached hydrogens (tertiary/aromatic N) is 2. The maximum atomic E-state index is 13.5. The van der Waals surface area contributed by atoms with Crippen LogP contribution in [0, 0.1) is 22.9 Å². The number of hydrogen-bond acceptors (Lipinski definition) is 5. The number of rotatable bonds is 4. The first-order valence-corrected chi connectivity index (χ1v) is 5.88. The van der Waals surface area contributed by atoms with Gasteiger partial charge in [0.2, 0.25) is 5.82 Å². The van der Waals surface area contributed by atoms with E-state index in [9.17, 15) is 14.5 Å². The molecule has 0 aliphatic carbocycles. The minimum absolute atomic E-state index is 0.0653. The summed E-state index contributed by atoms with van der Waals surface area (Å²) in [5.74, 6) is 0.158. The first kappa shape index (κ1) is 13.7. The maximum absolute atomic E-state index is 13.5. The van der Waals surface area contributed by atoms with E-state index in [0.29, 0.717) is 17.1 Å². The Bertz CT molecular complexity index is 661. The topological polar surface area (TPSA) is 80.1 Å². The van der Waals surface area contributed by atoms with Gasteiger partial charge in [0.05, 0.1) is 4.92 Å². The zero-order chi connectivity index (χ0) is 14.7. The number of nitrogens with one attached hydrogen (secondary N) is 2. The molecule has 0 saturated heterocycles. The van der Waals surface area contributed by atoms with Crippen molar-refractivity contribution in [2.45, 2.75) is 6.92 Å². The highest BCUT2D eigenvalue weighted by atomic mass is 19.1. The predicted molar refractivity (Wildman–Crippen MR) is 74.9 cm³/mol. The predicted octanol–water partition coefficient (Wildman–Crippen LogP) is 3.22. The van der Waals surface area contributed by atoms with E-state index in [-0.39, 0.29) is 17.3 Å². The molecule has 0 spiro atoms. The highest BCUT2D eigenvalue weighted by Gasteiger charge is 2.17. The molecule has 104 valence electrons. The molecule has 0 aliphatic rings. The third kappa shape index (κ3) is 2.66. The highest BCUT2D eigenvalue weighted by molar-refractivity contribution is 5.69. The summed E-state index contributed by atoms with van der Waals surface area (Å²) in [7, 11) is 1.66. The van der Waals surface area contributed by atoms with Gasteiger partial charge in [-0.15, -0.1) is 0 Å². The van der Waals surface area contributed by atoms with Crippen LogP contribution >= 0.6 is 0 Å². The van der Waals surface area contributed by atoms with Crippen LogP contribution in [0.3, 0.4) is 0 Å². The summed E-state index contributed by atoms with van der Waals surface area (Å²) < 4.78 is 13.5. The largest absolute Gasteiger partial charge is 0.373 e. The Kier molecular flexibility index (Phi) is 3.79. The molecule has 0 amide bonds. The van der Waals surface area contributed by atoms with E-state index in [1.165, 1.54) is 24.3 Å². The Morgan fingerprint density at radius 1 is 1.30 bits per heavy atom. The van der Waals surface area contributed by atoms with Crippen LogP contribution in [-0.2, 0) is 0 Å². The van der Waals surface area contributed by atoms with Crippen LogP contribution < -0.4 is 10.6 Å². The van der Waals surface area contributed by atoms with Gasteiger partial charge in [0.25, 0.3) is 0 Å². The van der Waals surface area contributed by atoms with Crippen molar-refractivity contribution >= 4 is 23.0 Å². The van der Waals surface area contributed by atoms with Crippen molar-refractivity contribution in [1.82, 2.24) is 4.98 Å². The second kappa shape index (κ2) is 5.52. The molecular formula is C13H13FN4O2. The Hall–Kier alpha value is -2.70. The van der Waals surface area contributed by atoms with Gasteiger partial charge in [0, 0.05) is 24.4 Å². The maximum Gasteiger partial charge on any atom is 0.311 e. The van der Waals surface area contributed by atoms with E-state index >= 15 is 0 Å². The lowest BCUT2D eigenvalue weighted by atomic mass is 10.2. The molecule has 0 saturated carbocycles. The second-order valence-corrected chi connectivity index (χ2v) is 4.11. The van der Waals surface area contributed by atoms with Crippen LogP contribution in [0.2, 0.25) is 0 Å². The molecule has 2 rings (SSSR count). The van der Waals surface area contributed by atoms with Crippen LogP contribution in [0.4, 0.5) is 27.4 Å². The number of anilines is 3. The van der Waals surface area contributed by atoms with Gasteiger partial charge in [0.15, 0.2) is 0 Å². The first-order chi connectivity index (χ1) is 9.52. The van der Waals surface area contributed by atoms with Gasteiger partial charge in [-0.25, -0.2) is 9.37 Å². The fraction of sp³-hybridized carbons (Fsp3) is 0.154. The van der Waals surface area contributed by atoms with Crippen LogP contribution in [0.15, 0.2) is 30.3 Å². The number of benzene rings is 1. The van der Waals surface area contributed by atoms with E-state index in [4.69, 9.17) is 0 Å². The summed E-state index contributed by atoms with van der Waals surface area (Å²) >= 11 is 0. The average molecular weight is 276 g/mol. The van der Waals surface area contributed by atoms with Gasteiger partial charge in [0.1, 0.15) is 11.6 Å². The zero-order valence-corrected chi connectivity index (χ0v) is 11.0. The number of nitro groups is 1. The lowest BCUT2D eigenvalue weighted by molar-refractivity contribution is -0.384. The number of halogens is 1. The van der Waals surface area contributed by atoms with Crippen LogP contribution in [0.5, 0.6) is 0 Å². The van der Waals surface area contributed by atoms with Crippen molar-refractivity contribution in [1.29, 1.82) is 0 Å². The smallest absolute Gasteiger partial charge is 0.311 e. The summed E-state index contributed by atoms with van der Waals surface area (Å²) in [6.45, 7) is 1.59. The molecule has 0 radical (unpaired) electrons. The molecule has 0 fully saturated rings. The molecule has 0 aliphatic heterocycles. The molecule has 6 nitrogen and oxygen atoms in total. The van der Waals surface area contributed by atoms with E-state index in [1.54, 1.807) is 20.0 Å². The zero-order valence-electron chi connectivity index (χ0n) is 11.0. The van der Waals surface area contributed by atoms with Gasteiger partial charge in [-0.05, 0) is 25.1 Å². The molecule has 2 aromatic rings. The van der Waals surface area contributed by atoms with Crippen LogP contribution in [0.1, 0.15) is 5.56 Å². The van der Waals surface area contributed by atoms with Gasteiger partial charge in [-0.2, -0.15) is 0 Å². The molecule has 7 heteroatoms. The Morgan fingerprint density at radius 3 is 2.70 bits per heavy atom. The molecule has 20 heavy (non-hydrogen) atoms. The molecule has 0 bridgehead atoms. The van der Waals surface area contributed by atoms with E-state index < -0.39 is 4.92 Å². The minimum Gasteiger partial charge on any atom is -0.373 e. The molecule has 1 aromatic carbocycles. The number of aromatic nitrogens is 1. The van der Waals surface area contributed by atoms with Crippen molar-refractivity contribution in [3.05, 3.63) is 51.8 Å². The molecular weight excluding hydrogens is 263 g/mol. The van der Waals surface area contributed by atoms with E-state index in [1.807, 2.05) is 0 Å². The molecule has 2 N–H and O–H groups in total. The summed E-state index contributed by atoms with van der Waals surface area (Å²) in [5.41, 5.74) is 0.639. The standard InChI is InChI=1S/C13H13FN4O2/c1-8-9(14)4-3-5-10(8)16-13-11(18(19)20)6-7-12(15-2)17-13/h3-7H,1-2H3,(H2,15,16,17). The average Bonchev–Trinajstić information content (AvgIpc) is 2.43. The fourth-order valence-corrected chi connectivity index (χ4v) is 1.70. The fourth-order valence-electron chi connectivity index (χ4n) is 1.70. The van der Waals surface area contributed by atoms with Crippen molar-refractivity contribution in [2.75, 3.05) is 17.7 Å². The first-order valence-electron chi connectivity index (χ1n) is 5.88. The van der Waals surface area contributed by atoms with E-state index in [2.05, 4.69) is 15.6 Å².